The molecule has 0 aromatic carbocycles. The van der Waals surface area contributed by atoms with Gasteiger partial charge in [0.15, 0.2) is 0 Å². The van der Waals surface area contributed by atoms with Gasteiger partial charge in [-0.15, -0.1) is 0 Å². The molecule has 0 aromatic heterocycles. The third-order valence-electron chi connectivity index (χ3n) is 4.12. The van der Waals surface area contributed by atoms with Gasteiger partial charge in [0, 0.05) is 5.56 Å². The molecule has 0 unspecified atom stereocenters. The lowest BCUT2D eigenvalue weighted by Gasteiger charge is -2.24. The third-order valence-corrected chi connectivity index (χ3v) is 4.12. The zero-order valence-electron chi connectivity index (χ0n) is 10.5. The molecule has 2 heteroatoms. The standard InChI is InChI=1S/C15H19NO/c1-10-11(2)15-13(4-3-9-17-15)14(10)12-5-7-16-8-6-12/h3-4,9,12,16H,5-8H2,1-2H3. The Morgan fingerprint density at radius 2 is 1.94 bits per heavy atom. The first-order chi connectivity index (χ1) is 8.29. The molecular formula is C15H19NO. The van der Waals surface area contributed by atoms with Crippen molar-refractivity contribution < 1.29 is 4.42 Å². The molecule has 17 heavy (non-hydrogen) atoms. The topological polar surface area (TPSA) is 25.2 Å². The van der Waals surface area contributed by atoms with Crippen molar-refractivity contribution in [3.63, 3.8) is 0 Å². The van der Waals surface area contributed by atoms with E-state index in [0.29, 0.717) is 5.92 Å². The second-order valence-electron chi connectivity index (χ2n) is 5.04. The first kappa shape index (κ1) is 10.8. The van der Waals surface area contributed by atoms with Crippen molar-refractivity contribution in [2.75, 3.05) is 13.1 Å². The normalized spacial score (nSPS) is 17.8. The van der Waals surface area contributed by atoms with Crippen molar-refractivity contribution in [1.82, 2.24) is 5.32 Å². The molecule has 90 valence electrons. The summed E-state index contributed by atoms with van der Waals surface area (Å²) in [6.45, 7) is 6.69. The maximum atomic E-state index is 5.68. The summed E-state index contributed by atoms with van der Waals surface area (Å²) in [4.78, 5) is 0. The SMILES string of the molecule is Cc1c2occcc-2c(C2CCNCC2)c1C. The van der Waals surface area contributed by atoms with Crippen LogP contribution in [0.3, 0.4) is 0 Å². The van der Waals surface area contributed by atoms with Crippen LogP contribution in [0.4, 0.5) is 0 Å². The number of rotatable bonds is 1. The lowest BCUT2D eigenvalue weighted by Crippen LogP contribution is -2.26. The van der Waals surface area contributed by atoms with E-state index < -0.39 is 0 Å². The molecule has 0 radical (unpaired) electrons. The van der Waals surface area contributed by atoms with Crippen molar-refractivity contribution in [2.45, 2.75) is 32.6 Å². The van der Waals surface area contributed by atoms with E-state index in [1.165, 1.54) is 35.1 Å². The van der Waals surface area contributed by atoms with E-state index in [9.17, 15) is 0 Å². The van der Waals surface area contributed by atoms with E-state index in [1.54, 1.807) is 6.26 Å². The molecule has 3 rings (SSSR count). The highest BCUT2D eigenvalue weighted by atomic mass is 16.3. The number of piperidine rings is 1. The van der Waals surface area contributed by atoms with E-state index in [0.717, 1.165) is 18.8 Å². The number of hydrogen-bond acceptors (Lipinski definition) is 2. The summed E-state index contributed by atoms with van der Waals surface area (Å²) < 4.78 is 5.68. The van der Waals surface area contributed by atoms with Gasteiger partial charge < -0.3 is 9.73 Å². The molecule has 2 aliphatic heterocycles. The largest absolute Gasteiger partial charge is 0.464 e. The van der Waals surface area contributed by atoms with Crippen molar-refractivity contribution in [3.05, 3.63) is 35.1 Å². The summed E-state index contributed by atoms with van der Waals surface area (Å²) in [6.07, 6.45) is 4.27. The van der Waals surface area contributed by atoms with Crippen LogP contribution < -0.4 is 5.32 Å². The molecule has 0 bridgehead atoms. The van der Waals surface area contributed by atoms with Gasteiger partial charge in [-0.2, -0.15) is 0 Å². The minimum atomic E-state index is 0.699. The monoisotopic (exact) mass is 229 g/mol. The third kappa shape index (κ3) is 1.67. The van der Waals surface area contributed by atoms with Gasteiger partial charge in [-0.3, -0.25) is 0 Å². The highest BCUT2D eigenvalue weighted by Gasteiger charge is 2.26. The van der Waals surface area contributed by atoms with Crippen LogP contribution in [0.15, 0.2) is 22.8 Å². The molecule has 0 aromatic rings. The quantitative estimate of drug-likeness (QED) is 0.810. The first-order valence-electron chi connectivity index (χ1n) is 6.46. The Hall–Kier alpha value is -1.28. The smallest absolute Gasteiger partial charge is 0.137 e. The fraction of sp³-hybridized carbons (Fsp3) is 0.467. The second-order valence-corrected chi connectivity index (χ2v) is 5.04. The summed E-state index contributed by atoms with van der Waals surface area (Å²) >= 11 is 0. The fourth-order valence-electron chi connectivity index (χ4n) is 3.10. The average Bonchev–Trinajstić information content (AvgIpc) is 2.64. The lowest BCUT2D eigenvalue weighted by molar-refractivity contribution is 0.460. The summed E-state index contributed by atoms with van der Waals surface area (Å²) in [5, 5.41) is 3.44. The lowest BCUT2D eigenvalue weighted by atomic mass is 9.87. The van der Waals surface area contributed by atoms with Crippen LogP contribution in [0.25, 0.3) is 11.3 Å². The second kappa shape index (κ2) is 4.19. The first-order valence-corrected chi connectivity index (χ1v) is 6.46. The van der Waals surface area contributed by atoms with Crippen LogP contribution in [-0.2, 0) is 0 Å². The molecule has 0 atom stereocenters. The Morgan fingerprint density at radius 3 is 2.71 bits per heavy atom. The highest BCUT2D eigenvalue weighted by molar-refractivity contribution is 5.73. The molecule has 2 heterocycles. The van der Waals surface area contributed by atoms with Crippen LogP contribution in [-0.4, -0.2) is 13.1 Å². The molecule has 0 saturated carbocycles. The van der Waals surface area contributed by atoms with Gasteiger partial charge in [0.05, 0.1) is 6.26 Å². The van der Waals surface area contributed by atoms with Crippen LogP contribution in [0.1, 0.15) is 35.4 Å². The molecule has 2 nitrogen and oxygen atoms in total. The molecule has 1 saturated heterocycles. The van der Waals surface area contributed by atoms with Gasteiger partial charge in [0.25, 0.3) is 0 Å². The van der Waals surface area contributed by atoms with Gasteiger partial charge >= 0.3 is 0 Å². The maximum absolute atomic E-state index is 5.68. The predicted octanol–water partition coefficient (Wildman–Crippen LogP) is 3.47. The van der Waals surface area contributed by atoms with E-state index >= 15 is 0 Å². The van der Waals surface area contributed by atoms with E-state index in [2.05, 4.69) is 25.2 Å². The molecule has 0 amide bonds. The van der Waals surface area contributed by atoms with Gasteiger partial charge in [0.2, 0.25) is 0 Å². The molecule has 1 fully saturated rings. The van der Waals surface area contributed by atoms with E-state index in [-0.39, 0.29) is 0 Å². The van der Waals surface area contributed by atoms with Gasteiger partial charge in [-0.1, -0.05) is 0 Å². The number of nitrogens with one attached hydrogen (secondary N) is 1. The Kier molecular flexibility index (Phi) is 2.67. The highest BCUT2D eigenvalue weighted by Crippen LogP contribution is 2.42. The van der Waals surface area contributed by atoms with Crippen molar-refractivity contribution in [1.29, 1.82) is 0 Å². The average molecular weight is 229 g/mol. The van der Waals surface area contributed by atoms with Crippen molar-refractivity contribution in [3.8, 4) is 11.3 Å². The minimum Gasteiger partial charge on any atom is -0.464 e. The molecule has 0 spiro atoms. The minimum absolute atomic E-state index is 0.699. The van der Waals surface area contributed by atoms with Crippen LogP contribution in [0, 0.1) is 13.8 Å². The predicted molar refractivity (Wildman–Crippen MR) is 69.6 cm³/mol. The molecule has 1 aliphatic carbocycles. The van der Waals surface area contributed by atoms with Crippen LogP contribution in [0.5, 0.6) is 0 Å². The molecular weight excluding hydrogens is 210 g/mol. The summed E-state index contributed by atoms with van der Waals surface area (Å²) in [5.74, 6) is 1.78. The fourth-order valence-corrected chi connectivity index (χ4v) is 3.10. The van der Waals surface area contributed by atoms with Crippen molar-refractivity contribution in [2.24, 2.45) is 0 Å². The van der Waals surface area contributed by atoms with E-state index in [1.807, 2.05) is 6.07 Å². The Balaban J connectivity index is 2.12. The van der Waals surface area contributed by atoms with Gasteiger partial charge in [0.1, 0.15) is 5.76 Å². The number of fused-ring (bicyclic) bond motifs is 1. The zero-order chi connectivity index (χ0) is 11.8. The Labute approximate surface area is 102 Å². The molecule has 3 aliphatic rings. The Morgan fingerprint density at radius 1 is 1.18 bits per heavy atom. The van der Waals surface area contributed by atoms with Gasteiger partial charge in [-0.05, 0) is 74.5 Å². The summed E-state index contributed by atoms with van der Waals surface area (Å²) in [5.41, 5.74) is 5.61. The Bertz CT molecular complexity index is 494. The summed E-state index contributed by atoms with van der Waals surface area (Å²) in [6, 6.07) is 4.21. The summed E-state index contributed by atoms with van der Waals surface area (Å²) in [7, 11) is 0. The van der Waals surface area contributed by atoms with Crippen LogP contribution in [0.2, 0.25) is 0 Å². The van der Waals surface area contributed by atoms with E-state index in [4.69, 9.17) is 4.42 Å². The molecule has 1 N–H and O–H groups in total. The maximum Gasteiger partial charge on any atom is 0.137 e. The zero-order valence-corrected chi connectivity index (χ0v) is 10.5. The van der Waals surface area contributed by atoms with Crippen molar-refractivity contribution >= 4 is 0 Å². The van der Waals surface area contributed by atoms with Crippen LogP contribution >= 0.6 is 0 Å². The number of hydrogen-bond donors (Lipinski definition) is 1. The van der Waals surface area contributed by atoms with Gasteiger partial charge in [-0.25, -0.2) is 0 Å².